The molecule has 0 aromatic heterocycles. The third kappa shape index (κ3) is 5.94. The maximum atomic E-state index is 13.7. The predicted molar refractivity (Wildman–Crippen MR) is 128 cm³/mol. The molecule has 2 aromatic rings. The second-order valence-electron chi connectivity index (χ2n) is 10.6. The minimum atomic E-state index is -1.15. The summed E-state index contributed by atoms with van der Waals surface area (Å²) < 4.78 is 33.1. The Hall–Kier alpha value is -2.51. The molecule has 0 saturated carbocycles. The first-order valence-corrected chi connectivity index (χ1v) is 11.8. The standard InChI is InChI=1S/C27H36F2N2O3/c1-18(2)27(6,33)23-17-30(25(32)34-26(3,4)5)15-16-31(23)24(19-7-11-21(28)12-8-19)20-9-13-22(29)14-10-20/h7-14,18,23-24,33H,15-17H2,1-6H3. The van der Waals surface area contributed by atoms with Crippen LogP contribution in [0.3, 0.4) is 0 Å². The molecule has 0 radical (unpaired) electrons. The van der Waals surface area contributed by atoms with Gasteiger partial charge in [-0.05, 0) is 69.0 Å². The van der Waals surface area contributed by atoms with E-state index in [4.69, 9.17) is 4.74 Å². The summed E-state index contributed by atoms with van der Waals surface area (Å²) in [5.74, 6) is -0.801. The second-order valence-corrected chi connectivity index (χ2v) is 10.6. The minimum Gasteiger partial charge on any atom is -0.444 e. The maximum absolute atomic E-state index is 13.7. The molecule has 1 amide bonds. The van der Waals surface area contributed by atoms with Crippen molar-refractivity contribution < 1.29 is 23.4 Å². The molecule has 0 spiro atoms. The number of carbonyl (C=O) groups is 1. The van der Waals surface area contributed by atoms with Crippen molar-refractivity contribution in [3.8, 4) is 0 Å². The van der Waals surface area contributed by atoms with Crippen LogP contribution in [0.1, 0.15) is 58.7 Å². The summed E-state index contributed by atoms with van der Waals surface area (Å²) in [4.78, 5) is 16.6. The first-order chi connectivity index (χ1) is 15.8. The quantitative estimate of drug-likeness (QED) is 0.632. The summed E-state index contributed by atoms with van der Waals surface area (Å²) in [6, 6.07) is 11.6. The Morgan fingerprint density at radius 3 is 1.82 bits per heavy atom. The van der Waals surface area contributed by atoms with Gasteiger partial charge in [0, 0.05) is 19.6 Å². The van der Waals surface area contributed by atoms with E-state index in [1.54, 1.807) is 36.1 Å². The Kier molecular flexibility index (Phi) is 7.68. The van der Waals surface area contributed by atoms with Gasteiger partial charge in [-0.15, -0.1) is 0 Å². The summed E-state index contributed by atoms with van der Waals surface area (Å²) in [5.41, 5.74) is -0.139. The predicted octanol–water partition coefficient (Wildman–Crippen LogP) is 5.38. The van der Waals surface area contributed by atoms with E-state index in [-0.39, 0.29) is 30.1 Å². The van der Waals surface area contributed by atoms with Crippen LogP contribution in [0.15, 0.2) is 48.5 Å². The summed E-state index contributed by atoms with van der Waals surface area (Å²) in [6.07, 6.45) is -0.420. The van der Waals surface area contributed by atoms with Gasteiger partial charge in [-0.25, -0.2) is 13.6 Å². The molecule has 3 rings (SSSR count). The summed E-state index contributed by atoms with van der Waals surface area (Å²) in [7, 11) is 0. The zero-order chi connectivity index (χ0) is 25.3. The molecule has 1 saturated heterocycles. The molecular formula is C27H36F2N2O3. The van der Waals surface area contributed by atoms with Gasteiger partial charge in [0.15, 0.2) is 0 Å². The minimum absolute atomic E-state index is 0.110. The largest absolute Gasteiger partial charge is 0.444 e. The van der Waals surface area contributed by atoms with Gasteiger partial charge in [0.25, 0.3) is 0 Å². The molecule has 34 heavy (non-hydrogen) atoms. The van der Waals surface area contributed by atoms with Crippen LogP contribution in [0, 0.1) is 17.6 Å². The number of halogens is 2. The number of piperazine rings is 1. The van der Waals surface area contributed by atoms with Gasteiger partial charge in [-0.1, -0.05) is 38.1 Å². The van der Waals surface area contributed by atoms with E-state index in [1.165, 1.54) is 24.3 Å². The van der Waals surface area contributed by atoms with Gasteiger partial charge in [0.1, 0.15) is 17.2 Å². The van der Waals surface area contributed by atoms with Crippen LogP contribution in [0.4, 0.5) is 13.6 Å². The van der Waals surface area contributed by atoms with Crippen molar-refractivity contribution >= 4 is 6.09 Å². The number of aliphatic hydroxyl groups is 1. The highest BCUT2D eigenvalue weighted by Gasteiger charge is 2.46. The van der Waals surface area contributed by atoms with Gasteiger partial charge in [0.05, 0.1) is 17.7 Å². The monoisotopic (exact) mass is 474 g/mol. The van der Waals surface area contributed by atoms with Crippen molar-refractivity contribution in [3.63, 3.8) is 0 Å². The fourth-order valence-corrected chi connectivity index (χ4v) is 4.37. The molecule has 186 valence electrons. The van der Waals surface area contributed by atoms with Gasteiger partial charge in [0.2, 0.25) is 0 Å². The molecule has 0 aliphatic carbocycles. The first-order valence-electron chi connectivity index (χ1n) is 11.8. The Morgan fingerprint density at radius 1 is 0.941 bits per heavy atom. The Labute approximate surface area is 201 Å². The number of carbonyl (C=O) groups excluding carboxylic acids is 1. The molecule has 7 heteroatoms. The highest BCUT2D eigenvalue weighted by atomic mass is 19.1. The van der Waals surface area contributed by atoms with Crippen LogP contribution < -0.4 is 0 Å². The molecule has 0 bridgehead atoms. The molecular weight excluding hydrogens is 438 g/mol. The molecule has 1 aliphatic heterocycles. The van der Waals surface area contributed by atoms with Crippen molar-refractivity contribution in [2.45, 2.75) is 64.8 Å². The third-order valence-electron chi connectivity index (χ3n) is 6.62. The Balaban J connectivity index is 2.04. The zero-order valence-corrected chi connectivity index (χ0v) is 20.9. The first kappa shape index (κ1) is 26.1. The van der Waals surface area contributed by atoms with Gasteiger partial charge in [-0.2, -0.15) is 0 Å². The lowest BCUT2D eigenvalue weighted by Gasteiger charge is -2.51. The van der Waals surface area contributed by atoms with Crippen LogP contribution in [0.25, 0.3) is 0 Å². The van der Waals surface area contributed by atoms with E-state index in [9.17, 15) is 18.7 Å². The van der Waals surface area contributed by atoms with E-state index in [0.29, 0.717) is 13.1 Å². The molecule has 2 atom stereocenters. The second kappa shape index (κ2) is 10.0. The molecule has 2 unspecified atom stereocenters. The molecule has 2 aromatic carbocycles. The highest BCUT2D eigenvalue weighted by molar-refractivity contribution is 5.68. The van der Waals surface area contributed by atoms with Crippen LogP contribution in [0.2, 0.25) is 0 Å². The molecule has 1 heterocycles. The van der Waals surface area contributed by atoms with E-state index in [1.807, 2.05) is 34.6 Å². The number of hydrogen-bond donors (Lipinski definition) is 1. The molecule has 1 fully saturated rings. The average molecular weight is 475 g/mol. The van der Waals surface area contributed by atoms with Crippen molar-refractivity contribution in [2.75, 3.05) is 19.6 Å². The lowest BCUT2D eigenvalue weighted by molar-refractivity contribution is -0.103. The van der Waals surface area contributed by atoms with Crippen LogP contribution in [-0.2, 0) is 4.74 Å². The number of benzene rings is 2. The maximum Gasteiger partial charge on any atom is 0.410 e. The highest BCUT2D eigenvalue weighted by Crippen LogP contribution is 2.37. The molecule has 1 aliphatic rings. The van der Waals surface area contributed by atoms with Crippen LogP contribution >= 0.6 is 0 Å². The summed E-state index contributed by atoms with van der Waals surface area (Å²) in [5, 5.41) is 11.6. The number of rotatable bonds is 5. The van der Waals surface area contributed by atoms with Crippen molar-refractivity contribution in [1.29, 1.82) is 0 Å². The fourth-order valence-electron chi connectivity index (χ4n) is 4.37. The molecule has 1 N–H and O–H groups in total. The van der Waals surface area contributed by atoms with Gasteiger partial charge in [-0.3, -0.25) is 4.90 Å². The van der Waals surface area contributed by atoms with E-state index >= 15 is 0 Å². The van der Waals surface area contributed by atoms with Crippen LogP contribution in [0.5, 0.6) is 0 Å². The smallest absolute Gasteiger partial charge is 0.410 e. The number of hydrogen-bond acceptors (Lipinski definition) is 4. The number of ether oxygens (including phenoxy) is 1. The van der Waals surface area contributed by atoms with Gasteiger partial charge >= 0.3 is 6.09 Å². The van der Waals surface area contributed by atoms with Crippen molar-refractivity contribution in [3.05, 3.63) is 71.3 Å². The lowest BCUT2D eigenvalue weighted by atomic mass is 9.81. The Morgan fingerprint density at radius 2 is 1.41 bits per heavy atom. The number of nitrogens with zero attached hydrogens (tertiary/aromatic N) is 2. The summed E-state index contributed by atoms with van der Waals surface area (Å²) >= 11 is 0. The summed E-state index contributed by atoms with van der Waals surface area (Å²) in [6.45, 7) is 12.2. The normalized spacial score (nSPS) is 19.4. The molecule has 5 nitrogen and oxygen atoms in total. The topological polar surface area (TPSA) is 53.0 Å². The average Bonchev–Trinajstić information content (AvgIpc) is 2.75. The van der Waals surface area contributed by atoms with Gasteiger partial charge < -0.3 is 14.7 Å². The van der Waals surface area contributed by atoms with Crippen molar-refractivity contribution in [1.82, 2.24) is 9.80 Å². The Bertz CT molecular complexity index is 923. The van der Waals surface area contributed by atoms with Crippen molar-refractivity contribution in [2.24, 2.45) is 5.92 Å². The fraction of sp³-hybridized carbons (Fsp3) is 0.519. The zero-order valence-electron chi connectivity index (χ0n) is 20.9. The lowest BCUT2D eigenvalue weighted by Crippen LogP contribution is -2.65. The van der Waals surface area contributed by atoms with E-state index in [2.05, 4.69) is 4.90 Å². The SMILES string of the molecule is CC(C)C(C)(O)C1CN(C(=O)OC(C)(C)C)CCN1C(c1ccc(F)cc1)c1ccc(F)cc1. The van der Waals surface area contributed by atoms with E-state index < -0.39 is 23.3 Å². The number of amides is 1. The third-order valence-corrected chi connectivity index (χ3v) is 6.62. The van der Waals surface area contributed by atoms with Crippen LogP contribution in [-0.4, -0.2) is 57.9 Å². The van der Waals surface area contributed by atoms with E-state index in [0.717, 1.165) is 11.1 Å².